The average Bonchev–Trinajstić information content (AvgIpc) is 2.91. The van der Waals surface area contributed by atoms with Crippen LogP contribution in [0.4, 0.5) is 0 Å². The first kappa shape index (κ1) is 14.7. The highest BCUT2D eigenvalue weighted by atomic mass is 15.4. The fraction of sp³-hybridized carbons (Fsp3) is 0.533. The Hall–Kier alpha value is -1.75. The van der Waals surface area contributed by atoms with Crippen molar-refractivity contribution in [1.29, 1.82) is 0 Å². The lowest BCUT2D eigenvalue weighted by molar-refractivity contribution is 0.659. The summed E-state index contributed by atoms with van der Waals surface area (Å²) in [6, 6.07) is 6.05. The lowest BCUT2D eigenvalue weighted by Gasteiger charge is -2.07. The van der Waals surface area contributed by atoms with Crippen molar-refractivity contribution in [1.82, 2.24) is 25.1 Å². The summed E-state index contributed by atoms with van der Waals surface area (Å²) in [6.45, 7) is 8.12. The van der Waals surface area contributed by atoms with Crippen LogP contribution in [0.3, 0.4) is 0 Å². The molecule has 0 atom stereocenters. The molecule has 2 heterocycles. The third-order valence-electron chi connectivity index (χ3n) is 3.09. The molecule has 0 saturated carbocycles. The van der Waals surface area contributed by atoms with Gasteiger partial charge < -0.3 is 5.32 Å². The Morgan fingerprint density at radius 1 is 1.10 bits per heavy atom. The van der Waals surface area contributed by atoms with Crippen LogP contribution in [0.1, 0.15) is 44.5 Å². The maximum Gasteiger partial charge on any atom is 0.155 e. The summed E-state index contributed by atoms with van der Waals surface area (Å²) in [5.74, 6) is 2.69. The highest BCUT2D eigenvalue weighted by Crippen LogP contribution is 2.09. The minimum absolute atomic E-state index is 0.790. The fourth-order valence-electron chi connectivity index (χ4n) is 2.03. The molecule has 0 aromatic carbocycles. The largest absolute Gasteiger partial charge is 0.311 e. The van der Waals surface area contributed by atoms with Gasteiger partial charge in [0, 0.05) is 19.4 Å². The molecule has 20 heavy (non-hydrogen) atoms. The predicted molar refractivity (Wildman–Crippen MR) is 79.9 cm³/mol. The summed E-state index contributed by atoms with van der Waals surface area (Å²) >= 11 is 0. The van der Waals surface area contributed by atoms with E-state index in [2.05, 4.69) is 41.2 Å². The Balaban J connectivity index is 2.23. The highest BCUT2D eigenvalue weighted by Gasteiger charge is 2.10. The van der Waals surface area contributed by atoms with Crippen LogP contribution in [0.2, 0.25) is 0 Å². The molecule has 0 unspecified atom stereocenters. The molecule has 0 radical (unpaired) electrons. The molecule has 0 aliphatic rings. The van der Waals surface area contributed by atoms with Crippen molar-refractivity contribution in [3.05, 3.63) is 35.5 Å². The molecule has 108 valence electrons. The lowest BCUT2D eigenvalue weighted by atomic mass is 10.3. The van der Waals surface area contributed by atoms with Crippen molar-refractivity contribution in [2.24, 2.45) is 0 Å². The summed E-state index contributed by atoms with van der Waals surface area (Å²) < 4.78 is 1.86. The lowest BCUT2D eigenvalue weighted by Crippen LogP contribution is -2.15. The highest BCUT2D eigenvalue weighted by molar-refractivity contribution is 5.25. The molecule has 2 aromatic heterocycles. The standard InChI is InChI=1S/C15H23N5/c1-4-10-16-11-12-8-7-9-15(17-12)20-14(6-3)18-13(5-2)19-20/h7-9,16H,4-6,10-11H2,1-3H3. The first-order valence-corrected chi connectivity index (χ1v) is 7.40. The van der Waals surface area contributed by atoms with E-state index in [1.807, 2.05) is 22.9 Å². The van der Waals surface area contributed by atoms with Crippen molar-refractivity contribution in [3.8, 4) is 5.82 Å². The fourth-order valence-corrected chi connectivity index (χ4v) is 2.03. The Labute approximate surface area is 120 Å². The van der Waals surface area contributed by atoms with E-state index in [1.165, 1.54) is 0 Å². The summed E-state index contributed by atoms with van der Waals surface area (Å²) in [5, 5.41) is 7.90. The number of aryl methyl sites for hydroxylation is 2. The number of nitrogens with zero attached hydrogens (tertiary/aromatic N) is 4. The van der Waals surface area contributed by atoms with Gasteiger partial charge in [-0.05, 0) is 25.1 Å². The normalized spacial score (nSPS) is 10.9. The zero-order valence-corrected chi connectivity index (χ0v) is 12.6. The van der Waals surface area contributed by atoms with Gasteiger partial charge >= 0.3 is 0 Å². The van der Waals surface area contributed by atoms with Gasteiger partial charge in [-0.25, -0.2) is 9.97 Å². The molecule has 0 fully saturated rings. The first-order valence-electron chi connectivity index (χ1n) is 7.40. The molecule has 0 saturated heterocycles. The van der Waals surface area contributed by atoms with Gasteiger partial charge in [-0.2, -0.15) is 4.68 Å². The predicted octanol–water partition coefficient (Wildman–Crippen LogP) is 2.29. The van der Waals surface area contributed by atoms with Gasteiger partial charge in [0.1, 0.15) is 5.82 Å². The maximum absolute atomic E-state index is 4.67. The Kier molecular flexibility index (Phi) is 5.24. The minimum atomic E-state index is 0.790. The monoisotopic (exact) mass is 273 g/mol. The minimum Gasteiger partial charge on any atom is -0.311 e. The van der Waals surface area contributed by atoms with Crippen LogP contribution < -0.4 is 5.32 Å². The Bertz CT molecular complexity index is 547. The van der Waals surface area contributed by atoms with Crippen LogP contribution in [0.5, 0.6) is 0 Å². The zero-order chi connectivity index (χ0) is 14.4. The number of hydrogen-bond donors (Lipinski definition) is 1. The topological polar surface area (TPSA) is 55.6 Å². The molecule has 5 heteroatoms. The second kappa shape index (κ2) is 7.14. The SMILES string of the molecule is CCCNCc1cccc(-n2nc(CC)nc2CC)n1. The Morgan fingerprint density at radius 3 is 2.65 bits per heavy atom. The van der Waals surface area contributed by atoms with Gasteiger partial charge in [-0.15, -0.1) is 5.10 Å². The molecule has 0 bridgehead atoms. The summed E-state index contributed by atoms with van der Waals surface area (Å²) in [6.07, 6.45) is 2.83. The number of hydrogen-bond acceptors (Lipinski definition) is 4. The van der Waals surface area contributed by atoms with Gasteiger partial charge in [0.25, 0.3) is 0 Å². The van der Waals surface area contributed by atoms with Crippen LogP contribution in [0, 0.1) is 0 Å². The molecule has 1 N–H and O–H groups in total. The van der Waals surface area contributed by atoms with Gasteiger partial charge in [0.05, 0.1) is 5.69 Å². The van der Waals surface area contributed by atoms with Crippen LogP contribution >= 0.6 is 0 Å². The van der Waals surface area contributed by atoms with Crippen LogP contribution in [-0.4, -0.2) is 26.3 Å². The van der Waals surface area contributed by atoms with Crippen molar-refractivity contribution in [3.63, 3.8) is 0 Å². The maximum atomic E-state index is 4.67. The van der Waals surface area contributed by atoms with Gasteiger partial charge in [0.2, 0.25) is 0 Å². The van der Waals surface area contributed by atoms with E-state index in [0.717, 1.165) is 55.5 Å². The van der Waals surface area contributed by atoms with Crippen molar-refractivity contribution >= 4 is 0 Å². The summed E-state index contributed by atoms with van der Waals surface area (Å²) in [5.41, 5.74) is 1.03. The molecular weight excluding hydrogens is 250 g/mol. The summed E-state index contributed by atoms with van der Waals surface area (Å²) in [7, 11) is 0. The molecule has 2 aromatic rings. The quantitative estimate of drug-likeness (QED) is 0.786. The van der Waals surface area contributed by atoms with Crippen LogP contribution in [0.15, 0.2) is 18.2 Å². The number of aromatic nitrogens is 4. The average molecular weight is 273 g/mol. The molecule has 5 nitrogen and oxygen atoms in total. The second-order valence-electron chi connectivity index (χ2n) is 4.73. The smallest absolute Gasteiger partial charge is 0.155 e. The van der Waals surface area contributed by atoms with E-state index in [0.29, 0.717) is 0 Å². The molecule has 0 spiro atoms. The third-order valence-corrected chi connectivity index (χ3v) is 3.09. The Morgan fingerprint density at radius 2 is 1.95 bits per heavy atom. The van der Waals surface area contributed by atoms with Gasteiger partial charge in [0.15, 0.2) is 11.6 Å². The van der Waals surface area contributed by atoms with E-state index in [1.54, 1.807) is 0 Å². The molecule has 0 amide bonds. The molecule has 2 rings (SSSR count). The van der Waals surface area contributed by atoms with Gasteiger partial charge in [-0.3, -0.25) is 0 Å². The van der Waals surface area contributed by atoms with Crippen LogP contribution in [0.25, 0.3) is 5.82 Å². The van der Waals surface area contributed by atoms with Crippen molar-refractivity contribution in [2.45, 2.75) is 46.6 Å². The molecular formula is C15H23N5. The number of pyridine rings is 1. The van der Waals surface area contributed by atoms with Gasteiger partial charge in [-0.1, -0.05) is 26.8 Å². The third kappa shape index (κ3) is 3.42. The zero-order valence-electron chi connectivity index (χ0n) is 12.6. The van der Waals surface area contributed by atoms with E-state index in [9.17, 15) is 0 Å². The van der Waals surface area contributed by atoms with E-state index in [-0.39, 0.29) is 0 Å². The van der Waals surface area contributed by atoms with Crippen molar-refractivity contribution in [2.75, 3.05) is 6.54 Å². The van der Waals surface area contributed by atoms with E-state index < -0.39 is 0 Å². The summed E-state index contributed by atoms with van der Waals surface area (Å²) in [4.78, 5) is 9.19. The first-order chi connectivity index (χ1) is 9.78. The number of nitrogens with one attached hydrogen (secondary N) is 1. The van der Waals surface area contributed by atoms with E-state index in [4.69, 9.17) is 0 Å². The molecule has 0 aliphatic heterocycles. The van der Waals surface area contributed by atoms with E-state index >= 15 is 0 Å². The van der Waals surface area contributed by atoms with Crippen LogP contribution in [-0.2, 0) is 19.4 Å². The number of rotatable bonds is 7. The molecule has 0 aliphatic carbocycles. The van der Waals surface area contributed by atoms with Crippen molar-refractivity contribution < 1.29 is 0 Å². The second-order valence-corrected chi connectivity index (χ2v) is 4.73.